The lowest BCUT2D eigenvalue weighted by atomic mass is 10.1. The molecule has 1 aliphatic carbocycles. The Balaban J connectivity index is 1.55. The molecule has 132 valence electrons. The number of hydrogen-bond acceptors (Lipinski definition) is 3. The van der Waals surface area contributed by atoms with Crippen LogP contribution in [0.4, 0.5) is 13.2 Å². The van der Waals surface area contributed by atoms with Gasteiger partial charge < -0.3 is 14.8 Å². The van der Waals surface area contributed by atoms with Gasteiger partial charge in [-0.25, -0.2) is 0 Å². The van der Waals surface area contributed by atoms with Gasteiger partial charge in [0.25, 0.3) is 0 Å². The molecule has 0 bridgehead atoms. The summed E-state index contributed by atoms with van der Waals surface area (Å²) in [5, 5.41) is 2.85. The van der Waals surface area contributed by atoms with E-state index in [2.05, 4.69) is 10.1 Å². The number of hydrogen-bond donors (Lipinski definition) is 1. The van der Waals surface area contributed by atoms with Gasteiger partial charge in [0.15, 0.2) is 0 Å². The second-order valence-electron chi connectivity index (χ2n) is 6.27. The van der Waals surface area contributed by atoms with Crippen molar-refractivity contribution in [1.82, 2.24) is 5.32 Å². The van der Waals surface area contributed by atoms with Crippen LogP contribution in [0.5, 0.6) is 5.75 Å². The Morgan fingerprint density at radius 3 is 2.79 bits per heavy atom. The van der Waals surface area contributed by atoms with Crippen molar-refractivity contribution in [3.63, 3.8) is 0 Å². The average Bonchev–Trinajstić information content (AvgIpc) is 3.33. The Bertz CT molecular complexity index is 585. The third-order valence-electron chi connectivity index (χ3n) is 4.45. The van der Waals surface area contributed by atoms with E-state index in [0.717, 1.165) is 25.9 Å². The van der Waals surface area contributed by atoms with Gasteiger partial charge in [-0.15, -0.1) is 13.2 Å². The van der Waals surface area contributed by atoms with Crippen LogP contribution in [0.1, 0.15) is 37.2 Å². The summed E-state index contributed by atoms with van der Waals surface area (Å²) in [6.45, 7) is 1.18. The summed E-state index contributed by atoms with van der Waals surface area (Å²) in [7, 11) is 0. The highest BCUT2D eigenvalue weighted by Gasteiger charge is 2.46. The lowest BCUT2D eigenvalue weighted by Gasteiger charge is -2.22. The van der Waals surface area contributed by atoms with Crippen LogP contribution in [0.25, 0.3) is 0 Å². The topological polar surface area (TPSA) is 47.6 Å². The smallest absolute Gasteiger partial charge is 0.405 e. The van der Waals surface area contributed by atoms with E-state index in [4.69, 9.17) is 4.74 Å². The number of halogens is 3. The van der Waals surface area contributed by atoms with E-state index in [1.54, 1.807) is 12.1 Å². The first-order valence-corrected chi connectivity index (χ1v) is 8.18. The van der Waals surface area contributed by atoms with Crippen molar-refractivity contribution in [2.45, 2.75) is 44.1 Å². The SMILES string of the molecule is O=C(NC[C@@H]1CCCCO1)[C@@H]1C[C@H]1c1ccccc1OC(F)(F)F. The Kier molecular flexibility index (Phi) is 4.99. The fourth-order valence-corrected chi connectivity index (χ4v) is 3.15. The van der Waals surface area contributed by atoms with Crippen molar-refractivity contribution >= 4 is 5.91 Å². The molecule has 1 aromatic rings. The van der Waals surface area contributed by atoms with Gasteiger partial charge in [0.05, 0.1) is 6.10 Å². The van der Waals surface area contributed by atoms with Crippen molar-refractivity contribution in [3.8, 4) is 5.75 Å². The number of para-hydroxylation sites is 1. The van der Waals surface area contributed by atoms with Gasteiger partial charge in [0.1, 0.15) is 5.75 Å². The zero-order chi connectivity index (χ0) is 17.2. The van der Waals surface area contributed by atoms with Crippen LogP contribution in [0.3, 0.4) is 0 Å². The van der Waals surface area contributed by atoms with E-state index in [-0.39, 0.29) is 29.6 Å². The molecule has 3 rings (SSSR count). The first kappa shape index (κ1) is 17.1. The zero-order valence-electron chi connectivity index (χ0n) is 13.1. The quantitative estimate of drug-likeness (QED) is 0.892. The normalized spacial score (nSPS) is 26.7. The Morgan fingerprint density at radius 2 is 2.08 bits per heavy atom. The predicted octanol–water partition coefficient (Wildman–Crippen LogP) is 3.37. The third-order valence-corrected chi connectivity index (χ3v) is 4.45. The van der Waals surface area contributed by atoms with Crippen LogP contribution >= 0.6 is 0 Å². The first-order valence-electron chi connectivity index (χ1n) is 8.18. The molecule has 1 saturated carbocycles. The van der Waals surface area contributed by atoms with E-state index < -0.39 is 6.36 Å². The van der Waals surface area contributed by atoms with Crippen LogP contribution < -0.4 is 10.1 Å². The summed E-state index contributed by atoms with van der Waals surface area (Å²) in [5.74, 6) is -0.876. The number of amides is 1. The van der Waals surface area contributed by atoms with E-state index in [1.807, 2.05) is 0 Å². The number of carbonyl (C=O) groups excluding carboxylic acids is 1. The average molecular weight is 343 g/mol. The summed E-state index contributed by atoms with van der Waals surface area (Å²) >= 11 is 0. The highest BCUT2D eigenvalue weighted by molar-refractivity contribution is 5.83. The zero-order valence-corrected chi connectivity index (χ0v) is 13.1. The molecule has 1 N–H and O–H groups in total. The molecular weight excluding hydrogens is 323 g/mol. The molecule has 24 heavy (non-hydrogen) atoms. The summed E-state index contributed by atoms with van der Waals surface area (Å²) in [6.07, 6.45) is -1.09. The maximum absolute atomic E-state index is 12.5. The number of ether oxygens (including phenoxy) is 2. The van der Waals surface area contributed by atoms with Crippen LogP contribution in [0.2, 0.25) is 0 Å². The van der Waals surface area contributed by atoms with Gasteiger partial charge >= 0.3 is 6.36 Å². The van der Waals surface area contributed by atoms with E-state index >= 15 is 0 Å². The first-order chi connectivity index (χ1) is 11.4. The monoisotopic (exact) mass is 343 g/mol. The molecule has 0 aromatic heterocycles. The van der Waals surface area contributed by atoms with Crippen molar-refractivity contribution in [2.24, 2.45) is 5.92 Å². The van der Waals surface area contributed by atoms with E-state index in [1.165, 1.54) is 12.1 Å². The predicted molar refractivity (Wildman–Crippen MR) is 80.6 cm³/mol. The Morgan fingerprint density at radius 1 is 1.29 bits per heavy atom. The van der Waals surface area contributed by atoms with Gasteiger partial charge in [-0.1, -0.05) is 18.2 Å². The van der Waals surface area contributed by atoms with Crippen LogP contribution in [-0.2, 0) is 9.53 Å². The second-order valence-corrected chi connectivity index (χ2v) is 6.27. The largest absolute Gasteiger partial charge is 0.573 e. The molecule has 1 heterocycles. The van der Waals surface area contributed by atoms with Crippen molar-refractivity contribution in [3.05, 3.63) is 29.8 Å². The Hall–Kier alpha value is -1.76. The maximum Gasteiger partial charge on any atom is 0.573 e. The van der Waals surface area contributed by atoms with Crippen molar-refractivity contribution in [1.29, 1.82) is 0 Å². The molecule has 1 aromatic carbocycles. The molecule has 3 atom stereocenters. The minimum atomic E-state index is -4.74. The number of nitrogens with one attached hydrogen (secondary N) is 1. The Labute approximate surface area is 138 Å². The molecule has 4 nitrogen and oxygen atoms in total. The molecule has 0 unspecified atom stereocenters. The summed E-state index contributed by atoms with van der Waals surface area (Å²) in [5.41, 5.74) is 0.434. The van der Waals surface area contributed by atoms with Gasteiger partial charge in [-0.2, -0.15) is 0 Å². The number of rotatable bonds is 5. The summed E-state index contributed by atoms with van der Waals surface area (Å²) < 4.78 is 47.0. The molecule has 0 radical (unpaired) electrons. The molecule has 1 aliphatic heterocycles. The second kappa shape index (κ2) is 7.01. The van der Waals surface area contributed by atoms with Crippen LogP contribution in [-0.4, -0.2) is 31.5 Å². The van der Waals surface area contributed by atoms with Crippen LogP contribution in [0.15, 0.2) is 24.3 Å². The van der Waals surface area contributed by atoms with Crippen molar-refractivity contribution < 1.29 is 27.4 Å². The minimum absolute atomic E-state index is 0.0424. The number of benzene rings is 1. The molecular formula is C17H20F3NO3. The van der Waals surface area contributed by atoms with Gasteiger partial charge in [-0.05, 0) is 43.2 Å². The van der Waals surface area contributed by atoms with Gasteiger partial charge in [0, 0.05) is 19.1 Å². The van der Waals surface area contributed by atoms with E-state index in [9.17, 15) is 18.0 Å². The van der Waals surface area contributed by atoms with Crippen LogP contribution in [0, 0.1) is 5.92 Å². The summed E-state index contributed by atoms with van der Waals surface area (Å²) in [6, 6.07) is 6.01. The number of alkyl halides is 3. The summed E-state index contributed by atoms with van der Waals surface area (Å²) in [4.78, 5) is 12.2. The fourth-order valence-electron chi connectivity index (χ4n) is 3.15. The standard InChI is InChI=1S/C17H20F3NO3/c18-17(19,20)24-15-7-2-1-6-12(15)13-9-14(13)16(22)21-10-11-5-3-4-8-23-11/h1-2,6-7,11,13-14H,3-5,8-10H2,(H,21,22)/t11-,13-,14+/m0/s1. The molecule has 2 aliphatic rings. The van der Waals surface area contributed by atoms with E-state index in [0.29, 0.717) is 18.5 Å². The molecule has 7 heteroatoms. The van der Waals surface area contributed by atoms with Gasteiger partial charge in [-0.3, -0.25) is 4.79 Å². The lowest BCUT2D eigenvalue weighted by molar-refractivity contribution is -0.274. The maximum atomic E-state index is 12.5. The fraction of sp³-hybridized carbons (Fsp3) is 0.588. The number of carbonyl (C=O) groups is 1. The highest BCUT2D eigenvalue weighted by atomic mass is 19.4. The highest BCUT2D eigenvalue weighted by Crippen LogP contribution is 2.51. The van der Waals surface area contributed by atoms with Crippen molar-refractivity contribution in [2.75, 3.05) is 13.2 Å². The molecule has 1 amide bonds. The molecule has 0 spiro atoms. The van der Waals surface area contributed by atoms with Gasteiger partial charge in [0.2, 0.25) is 5.91 Å². The molecule has 1 saturated heterocycles. The third kappa shape index (κ3) is 4.41. The lowest BCUT2D eigenvalue weighted by Crippen LogP contribution is -2.36. The minimum Gasteiger partial charge on any atom is -0.405 e. The molecule has 2 fully saturated rings.